The number of nitrogens with two attached hydrogens (primary N) is 2. The van der Waals surface area contributed by atoms with Gasteiger partial charge in [-0.1, -0.05) is 0 Å². The van der Waals surface area contributed by atoms with Gasteiger partial charge in [0.25, 0.3) is 0 Å². The number of anilines is 2. The van der Waals surface area contributed by atoms with Crippen LogP contribution in [0.4, 0.5) is 20.2 Å². The van der Waals surface area contributed by atoms with E-state index in [-0.39, 0.29) is 53.2 Å². The van der Waals surface area contributed by atoms with Crippen molar-refractivity contribution in [2.75, 3.05) is 30.3 Å². The third-order valence-electron chi connectivity index (χ3n) is 5.83. The third kappa shape index (κ3) is 4.84. The third-order valence-corrected chi connectivity index (χ3v) is 5.83. The maximum Gasteiger partial charge on any atom is 0.187 e. The molecule has 0 unspecified atom stereocenters. The fourth-order valence-electron chi connectivity index (χ4n) is 4.22. The van der Waals surface area contributed by atoms with Gasteiger partial charge in [0.15, 0.2) is 17.3 Å². The Balaban J connectivity index is 1.66. The Morgan fingerprint density at radius 1 is 1.24 bits per heavy atom. The molecule has 3 heterocycles. The molecule has 1 aliphatic heterocycles. The Morgan fingerprint density at radius 2 is 2.06 bits per heavy atom. The molecule has 4 N–H and O–H groups in total. The first-order chi connectivity index (χ1) is 16.4. The van der Waals surface area contributed by atoms with Gasteiger partial charge in [-0.2, -0.15) is 0 Å². The minimum absolute atomic E-state index is 0.0144. The molecule has 9 heteroatoms. The molecular formula is C25H27F2N5O2. The van der Waals surface area contributed by atoms with E-state index in [0.717, 1.165) is 31.1 Å². The highest BCUT2D eigenvalue weighted by atomic mass is 19.1. The topological polar surface area (TPSA) is 107 Å². The number of halogens is 2. The number of nitrogens with zero attached hydrogens (tertiary/aromatic N) is 3. The van der Waals surface area contributed by atoms with E-state index < -0.39 is 11.6 Å². The molecule has 7 nitrogen and oxygen atoms in total. The van der Waals surface area contributed by atoms with Crippen LogP contribution in [0.2, 0.25) is 0 Å². The van der Waals surface area contributed by atoms with Gasteiger partial charge in [-0.15, -0.1) is 0 Å². The predicted molar refractivity (Wildman–Crippen MR) is 127 cm³/mol. The quantitative estimate of drug-likeness (QED) is 0.510. The van der Waals surface area contributed by atoms with Crippen molar-refractivity contribution in [1.29, 1.82) is 0 Å². The molecule has 0 amide bonds. The Labute approximate surface area is 196 Å². The molecule has 0 radical (unpaired) electrons. The summed E-state index contributed by atoms with van der Waals surface area (Å²) in [7, 11) is 0. The van der Waals surface area contributed by atoms with Crippen molar-refractivity contribution in [2.24, 2.45) is 5.73 Å². The second-order valence-corrected chi connectivity index (χ2v) is 8.25. The van der Waals surface area contributed by atoms with Gasteiger partial charge in [0.1, 0.15) is 11.5 Å². The van der Waals surface area contributed by atoms with Gasteiger partial charge in [0, 0.05) is 49.2 Å². The van der Waals surface area contributed by atoms with Crippen LogP contribution in [0.1, 0.15) is 35.8 Å². The maximum atomic E-state index is 14.9. The second-order valence-electron chi connectivity index (χ2n) is 8.25. The standard InChI is InChI=1S/C25H27F2N5O2/c1-2-34-22-8-5-17(26)23(24(22)27)19-7-6-18(29)25(31-19)21(33)12-15-13-30-10-9-20(15)32-11-3-4-16(28)14-32/h5-10,13,16H,2-4,11-12,14,28-29H2,1H3/t16-/m0/s1. The SMILES string of the molecule is CCOc1ccc(F)c(-c2ccc(N)c(C(=O)Cc3cnccc3N3CCC[C@H](N)C3)n2)c1F. The van der Waals surface area contributed by atoms with E-state index in [2.05, 4.69) is 14.9 Å². The van der Waals surface area contributed by atoms with Crippen LogP contribution in [-0.2, 0) is 6.42 Å². The highest BCUT2D eigenvalue weighted by Crippen LogP contribution is 2.32. The Morgan fingerprint density at radius 3 is 2.82 bits per heavy atom. The van der Waals surface area contributed by atoms with Crippen molar-refractivity contribution in [3.05, 3.63) is 65.6 Å². The summed E-state index contributed by atoms with van der Waals surface area (Å²) < 4.78 is 34.7. The number of carbonyl (C=O) groups excluding carboxylic acids is 1. The molecule has 1 fully saturated rings. The maximum absolute atomic E-state index is 14.9. The Bertz CT molecular complexity index is 1200. The van der Waals surface area contributed by atoms with Crippen molar-refractivity contribution in [3.63, 3.8) is 0 Å². The van der Waals surface area contributed by atoms with Crippen LogP contribution < -0.4 is 21.1 Å². The molecule has 1 aromatic carbocycles. The fourth-order valence-corrected chi connectivity index (χ4v) is 4.22. The summed E-state index contributed by atoms with van der Waals surface area (Å²) in [5, 5.41) is 0. The summed E-state index contributed by atoms with van der Waals surface area (Å²) in [6.45, 7) is 3.44. The lowest BCUT2D eigenvalue weighted by Gasteiger charge is -2.33. The molecule has 0 saturated carbocycles. The minimum Gasteiger partial charge on any atom is -0.491 e. The number of hydrogen-bond donors (Lipinski definition) is 2. The van der Waals surface area contributed by atoms with E-state index in [4.69, 9.17) is 16.2 Å². The monoisotopic (exact) mass is 467 g/mol. The molecule has 4 rings (SSSR count). The van der Waals surface area contributed by atoms with E-state index in [1.165, 1.54) is 18.2 Å². The van der Waals surface area contributed by atoms with Gasteiger partial charge >= 0.3 is 0 Å². The summed E-state index contributed by atoms with van der Waals surface area (Å²) >= 11 is 0. The van der Waals surface area contributed by atoms with Crippen molar-refractivity contribution < 1.29 is 18.3 Å². The van der Waals surface area contributed by atoms with Crippen molar-refractivity contribution >= 4 is 17.2 Å². The summed E-state index contributed by atoms with van der Waals surface area (Å²) in [4.78, 5) is 23.8. The molecule has 1 atom stereocenters. The zero-order valence-electron chi connectivity index (χ0n) is 18.9. The molecule has 34 heavy (non-hydrogen) atoms. The van der Waals surface area contributed by atoms with Crippen molar-refractivity contribution in [3.8, 4) is 17.0 Å². The number of rotatable bonds is 7. The molecule has 3 aromatic rings. The van der Waals surface area contributed by atoms with Gasteiger partial charge in [-0.25, -0.2) is 13.8 Å². The van der Waals surface area contributed by atoms with Gasteiger partial charge < -0.3 is 21.1 Å². The van der Waals surface area contributed by atoms with E-state index in [1.54, 1.807) is 19.3 Å². The van der Waals surface area contributed by atoms with E-state index in [0.29, 0.717) is 12.1 Å². The highest BCUT2D eigenvalue weighted by Gasteiger charge is 2.23. The zero-order chi connectivity index (χ0) is 24.2. The lowest BCUT2D eigenvalue weighted by Crippen LogP contribution is -2.43. The molecule has 0 bridgehead atoms. The summed E-state index contributed by atoms with van der Waals surface area (Å²) in [6.07, 6.45) is 5.22. The van der Waals surface area contributed by atoms with Gasteiger partial charge in [0.05, 0.1) is 23.6 Å². The highest BCUT2D eigenvalue weighted by molar-refractivity contribution is 6.01. The first kappa shape index (κ1) is 23.6. The first-order valence-corrected chi connectivity index (χ1v) is 11.2. The summed E-state index contributed by atoms with van der Waals surface area (Å²) in [6, 6.07) is 7.06. The number of pyridine rings is 2. The Kier molecular flexibility index (Phi) is 7.02. The molecule has 178 valence electrons. The lowest BCUT2D eigenvalue weighted by molar-refractivity contribution is 0.0989. The average Bonchev–Trinajstić information content (AvgIpc) is 2.82. The normalized spacial score (nSPS) is 15.9. The largest absolute Gasteiger partial charge is 0.491 e. The van der Waals surface area contributed by atoms with Crippen LogP contribution in [-0.4, -0.2) is 41.5 Å². The van der Waals surface area contributed by atoms with Crippen LogP contribution in [0.5, 0.6) is 5.75 Å². The van der Waals surface area contributed by atoms with Crippen molar-refractivity contribution in [1.82, 2.24) is 9.97 Å². The van der Waals surface area contributed by atoms with E-state index in [1.807, 2.05) is 6.07 Å². The number of benzene rings is 1. The smallest absolute Gasteiger partial charge is 0.187 e. The van der Waals surface area contributed by atoms with Crippen LogP contribution >= 0.6 is 0 Å². The number of aromatic nitrogens is 2. The molecule has 0 spiro atoms. The number of ether oxygens (including phenoxy) is 1. The van der Waals surface area contributed by atoms with Crippen molar-refractivity contribution in [2.45, 2.75) is 32.2 Å². The predicted octanol–water partition coefficient (Wildman–Crippen LogP) is 3.76. The summed E-state index contributed by atoms with van der Waals surface area (Å²) in [5.41, 5.74) is 13.4. The van der Waals surface area contributed by atoms with E-state index in [9.17, 15) is 13.6 Å². The summed E-state index contributed by atoms with van der Waals surface area (Å²) in [5.74, 6) is -2.16. The number of nitrogen functional groups attached to an aromatic ring is 1. The zero-order valence-corrected chi connectivity index (χ0v) is 18.9. The molecular weight excluding hydrogens is 440 g/mol. The number of piperidine rings is 1. The van der Waals surface area contributed by atoms with E-state index >= 15 is 0 Å². The first-order valence-electron chi connectivity index (χ1n) is 11.2. The number of Topliss-reactive ketones (excluding diaryl/α,β-unsaturated/α-hetero) is 1. The molecule has 1 saturated heterocycles. The van der Waals surface area contributed by atoms with Crippen LogP contribution in [0.15, 0.2) is 42.7 Å². The number of carbonyl (C=O) groups is 1. The van der Waals surface area contributed by atoms with Crippen LogP contribution in [0.3, 0.4) is 0 Å². The molecule has 0 aliphatic carbocycles. The van der Waals surface area contributed by atoms with Gasteiger partial charge in [-0.3, -0.25) is 9.78 Å². The van der Waals surface area contributed by atoms with Crippen LogP contribution in [0.25, 0.3) is 11.3 Å². The minimum atomic E-state index is -0.881. The molecule has 1 aliphatic rings. The number of ketones is 1. The van der Waals surface area contributed by atoms with Crippen LogP contribution in [0, 0.1) is 11.6 Å². The van der Waals surface area contributed by atoms with Gasteiger partial charge in [-0.05, 0) is 50.1 Å². The number of hydrogen-bond acceptors (Lipinski definition) is 7. The average molecular weight is 468 g/mol. The second kappa shape index (κ2) is 10.1. The molecule has 2 aromatic heterocycles. The van der Waals surface area contributed by atoms with Gasteiger partial charge in [0.2, 0.25) is 0 Å². The Hall–Kier alpha value is -3.59. The lowest BCUT2D eigenvalue weighted by atomic mass is 10.0. The fraction of sp³-hybridized carbons (Fsp3) is 0.320.